The van der Waals surface area contributed by atoms with Crippen LogP contribution >= 0.6 is 11.6 Å². The molecule has 2 aromatic carbocycles. The Labute approximate surface area is 141 Å². The van der Waals surface area contributed by atoms with Gasteiger partial charge in [0.15, 0.2) is 0 Å². The van der Waals surface area contributed by atoms with Crippen LogP contribution in [0, 0.1) is 0 Å². The summed E-state index contributed by atoms with van der Waals surface area (Å²) >= 11 is 6.23. The van der Waals surface area contributed by atoms with Crippen molar-refractivity contribution in [3.8, 4) is 5.75 Å². The average molecular weight is 330 g/mol. The van der Waals surface area contributed by atoms with Gasteiger partial charge >= 0.3 is 0 Å². The number of hydrogen-bond donors (Lipinski definition) is 1. The van der Waals surface area contributed by atoms with Gasteiger partial charge in [0.05, 0.1) is 32.4 Å². The lowest BCUT2D eigenvalue weighted by molar-refractivity contribution is -0.918. The number of benzene rings is 2. The zero-order valence-corrected chi connectivity index (χ0v) is 13.7. The maximum atomic E-state index is 11.1. The van der Waals surface area contributed by atoms with Crippen LogP contribution in [-0.4, -0.2) is 37.4 Å². The van der Waals surface area contributed by atoms with Crippen LogP contribution in [0.4, 0.5) is 0 Å². The van der Waals surface area contributed by atoms with Gasteiger partial charge in [0.1, 0.15) is 6.54 Å². The number of hydrogen-bond acceptors (Lipinski definition) is 3. The molecule has 0 aliphatic carbocycles. The molecular weight excluding hydrogens is 310 g/mol. The molecule has 0 unspecified atom stereocenters. The zero-order chi connectivity index (χ0) is 16.1. The molecule has 0 atom stereocenters. The van der Waals surface area contributed by atoms with Gasteiger partial charge in [-0.1, -0.05) is 54.1 Å². The maximum absolute atomic E-state index is 11.1. The number of quaternary nitrogens is 1. The van der Waals surface area contributed by atoms with E-state index in [1.165, 1.54) is 10.5 Å². The molecule has 1 N–H and O–H groups in total. The van der Waals surface area contributed by atoms with E-state index in [-0.39, 0.29) is 5.75 Å². The van der Waals surface area contributed by atoms with Crippen LogP contribution in [0.15, 0.2) is 53.6 Å². The first-order valence-corrected chi connectivity index (χ1v) is 8.21. The summed E-state index contributed by atoms with van der Waals surface area (Å²) in [6.45, 7) is 4.90. The van der Waals surface area contributed by atoms with Crippen molar-refractivity contribution in [2.24, 2.45) is 5.10 Å². The second-order valence-corrected chi connectivity index (χ2v) is 6.19. The third kappa shape index (κ3) is 4.47. The van der Waals surface area contributed by atoms with Crippen molar-refractivity contribution in [1.29, 1.82) is 0 Å². The fraction of sp³-hybridized carbons (Fsp3) is 0.278. The summed E-state index contributed by atoms with van der Waals surface area (Å²) in [5, 5.41) is 18.5. The molecule has 1 aliphatic rings. The minimum absolute atomic E-state index is 0.0268. The standard InChI is InChI=1S/C18H20ClN3O/c19-18-4-2-1-3-16(18)14-21-9-11-22(12-10-21)20-13-15-5-7-17(23)8-6-15/h1-8,13,23H,9-12,14H2. The smallest absolute Gasteiger partial charge is 0.104 e. The molecule has 0 aromatic heterocycles. The van der Waals surface area contributed by atoms with Crippen molar-refractivity contribution >= 4 is 17.8 Å². The van der Waals surface area contributed by atoms with Gasteiger partial charge in [0.2, 0.25) is 0 Å². The normalized spacial score (nSPS) is 16.1. The van der Waals surface area contributed by atoms with Crippen molar-refractivity contribution in [3.63, 3.8) is 0 Å². The number of halogens is 1. The number of hydrazone groups is 1. The predicted octanol–water partition coefficient (Wildman–Crippen LogP) is 1.15. The summed E-state index contributed by atoms with van der Waals surface area (Å²) in [5.74, 6) is 0.0268. The molecule has 0 radical (unpaired) electrons. The van der Waals surface area contributed by atoms with Crippen LogP contribution in [0.3, 0.4) is 0 Å². The summed E-state index contributed by atoms with van der Waals surface area (Å²) in [6, 6.07) is 14.8. The molecule has 0 spiro atoms. The lowest BCUT2D eigenvalue weighted by Gasteiger charge is -2.30. The maximum Gasteiger partial charge on any atom is 0.104 e. The van der Waals surface area contributed by atoms with Crippen molar-refractivity contribution in [1.82, 2.24) is 5.01 Å². The van der Waals surface area contributed by atoms with E-state index < -0.39 is 0 Å². The fourth-order valence-corrected chi connectivity index (χ4v) is 2.92. The molecule has 1 aliphatic heterocycles. The van der Waals surface area contributed by atoms with Gasteiger partial charge in [-0.05, 0) is 11.6 Å². The van der Waals surface area contributed by atoms with E-state index in [0.717, 1.165) is 43.3 Å². The molecule has 5 heteroatoms. The molecule has 3 rings (SSSR count). The van der Waals surface area contributed by atoms with Crippen molar-refractivity contribution in [2.45, 2.75) is 6.54 Å². The summed E-state index contributed by atoms with van der Waals surface area (Å²) in [5.41, 5.74) is 2.16. The number of rotatable bonds is 4. The highest BCUT2D eigenvalue weighted by Crippen LogP contribution is 2.13. The first-order chi connectivity index (χ1) is 11.2. The number of nitrogens with zero attached hydrogens (tertiary/aromatic N) is 2. The lowest BCUT2D eigenvalue weighted by atomic mass is 10.2. The van der Waals surface area contributed by atoms with Gasteiger partial charge in [-0.2, -0.15) is 5.10 Å². The highest BCUT2D eigenvalue weighted by atomic mass is 35.5. The number of piperazine rings is 1. The van der Waals surface area contributed by atoms with E-state index in [0.29, 0.717) is 0 Å². The Balaban J connectivity index is 1.50. The quantitative estimate of drug-likeness (QED) is 0.855. The minimum Gasteiger partial charge on any atom is -0.872 e. The number of nitrogens with one attached hydrogen (secondary N) is 1. The van der Waals surface area contributed by atoms with E-state index >= 15 is 0 Å². The van der Waals surface area contributed by atoms with Crippen LogP contribution in [0.1, 0.15) is 11.1 Å². The van der Waals surface area contributed by atoms with Crippen molar-refractivity contribution < 1.29 is 10.0 Å². The van der Waals surface area contributed by atoms with Crippen LogP contribution in [-0.2, 0) is 6.54 Å². The molecule has 120 valence electrons. The summed E-state index contributed by atoms with van der Waals surface area (Å²) in [4.78, 5) is 1.53. The van der Waals surface area contributed by atoms with E-state index in [1.54, 1.807) is 24.3 Å². The monoisotopic (exact) mass is 329 g/mol. The molecule has 0 saturated carbocycles. The Bertz CT molecular complexity index is 664. The van der Waals surface area contributed by atoms with Crippen LogP contribution < -0.4 is 10.0 Å². The van der Waals surface area contributed by atoms with Gasteiger partial charge < -0.3 is 10.0 Å². The highest BCUT2D eigenvalue weighted by molar-refractivity contribution is 6.31. The highest BCUT2D eigenvalue weighted by Gasteiger charge is 2.19. The van der Waals surface area contributed by atoms with Gasteiger partial charge in [0, 0.05) is 10.6 Å². The molecular formula is C18H20ClN3O. The molecule has 0 bridgehead atoms. The zero-order valence-electron chi connectivity index (χ0n) is 12.9. The largest absolute Gasteiger partial charge is 0.872 e. The van der Waals surface area contributed by atoms with Gasteiger partial charge in [-0.3, -0.25) is 5.01 Å². The first-order valence-electron chi connectivity index (χ1n) is 7.84. The molecule has 1 heterocycles. The van der Waals surface area contributed by atoms with E-state index in [9.17, 15) is 5.11 Å². The van der Waals surface area contributed by atoms with Gasteiger partial charge in [-0.25, -0.2) is 0 Å². The van der Waals surface area contributed by atoms with Crippen LogP contribution in [0.2, 0.25) is 5.02 Å². The fourth-order valence-electron chi connectivity index (χ4n) is 2.72. The topological polar surface area (TPSA) is 43.1 Å². The summed E-state index contributed by atoms with van der Waals surface area (Å²) < 4.78 is 0. The van der Waals surface area contributed by atoms with Crippen LogP contribution in [0.5, 0.6) is 5.75 Å². The van der Waals surface area contributed by atoms with E-state index in [4.69, 9.17) is 11.6 Å². The molecule has 4 nitrogen and oxygen atoms in total. The predicted molar refractivity (Wildman–Crippen MR) is 90.9 cm³/mol. The van der Waals surface area contributed by atoms with Crippen molar-refractivity contribution in [3.05, 3.63) is 64.7 Å². The molecule has 1 saturated heterocycles. The summed E-state index contributed by atoms with van der Waals surface area (Å²) in [6.07, 6.45) is 1.82. The second-order valence-electron chi connectivity index (χ2n) is 5.79. The Morgan fingerprint density at radius 2 is 1.78 bits per heavy atom. The Morgan fingerprint density at radius 3 is 2.48 bits per heavy atom. The van der Waals surface area contributed by atoms with Crippen LogP contribution in [0.25, 0.3) is 0 Å². The van der Waals surface area contributed by atoms with E-state index in [2.05, 4.69) is 16.2 Å². The Kier molecular flexibility index (Phi) is 5.16. The third-order valence-electron chi connectivity index (χ3n) is 4.10. The minimum atomic E-state index is 0.0268. The molecule has 0 amide bonds. The first kappa shape index (κ1) is 15.8. The van der Waals surface area contributed by atoms with Gasteiger partial charge in [0.25, 0.3) is 0 Å². The lowest BCUT2D eigenvalue weighted by Crippen LogP contribution is -3.13. The molecule has 23 heavy (non-hydrogen) atoms. The van der Waals surface area contributed by atoms with Crippen molar-refractivity contribution in [2.75, 3.05) is 26.2 Å². The Hall–Kier alpha value is -2.04. The third-order valence-corrected chi connectivity index (χ3v) is 4.46. The molecule has 1 fully saturated rings. The average Bonchev–Trinajstić information content (AvgIpc) is 2.58. The molecule has 2 aromatic rings. The Morgan fingerprint density at radius 1 is 1.09 bits per heavy atom. The van der Waals surface area contributed by atoms with Gasteiger partial charge in [-0.15, -0.1) is 5.75 Å². The summed E-state index contributed by atoms with van der Waals surface area (Å²) in [7, 11) is 0. The SMILES string of the molecule is [O-]c1ccc(C=NN2CC[NH+](Cc3ccccc3Cl)CC2)cc1. The second kappa shape index (κ2) is 7.49. The van der Waals surface area contributed by atoms with E-state index in [1.807, 2.05) is 24.4 Å².